The largest absolute Gasteiger partial charge is 0.368 e. The topological polar surface area (TPSA) is 103 Å². The Morgan fingerprint density at radius 1 is 1.36 bits per heavy atom. The minimum Gasteiger partial charge on any atom is -0.368 e. The van der Waals surface area contributed by atoms with Crippen LogP contribution in [0.2, 0.25) is 0 Å². The molecule has 0 aliphatic carbocycles. The average molecular weight is 222 g/mol. The lowest BCUT2D eigenvalue weighted by atomic mass is 10.3. The number of primary amides is 1. The Labute approximate surface area is 84.8 Å². The number of nitrogens with two attached hydrogens (primary N) is 2. The molecule has 0 aromatic heterocycles. The molecule has 1 amide bonds. The van der Waals surface area contributed by atoms with Crippen molar-refractivity contribution < 1.29 is 13.2 Å². The second kappa shape index (κ2) is 5.98. The quantitative estimate of drug-likeness (QED) is 0.561. The molecule has 84 valence electrons. The van der Waals surface area contributed by atoms with Gasteiger partial charge in [-0.3, -0.25) is 4.79 Å². The van der Waals surface area contributed by atoms with Crippen molar-refractivity contribution in [1.29, 1.82) is 0 Å². The summed E-state index contributed by atoms with van der Waals surface area (Å²) in [7, 11) is -3.22. The zero-order chi connectivity index (χ0) is 11.2. The summed E-state index contributed by atoms with van der Waals surface area (Å²) in [5.74, 6) is -1.03. The van der Waals surface area contributed by atoms with E-state index in [2.05, 4.69) is 0 Å². The molecule has 5 nitrogen and oxygen atoms in total. The molecule has 0 spiro atoms. The van der Waals surface area contributed by atoms with E-state index in [1.54, 1.807) is 0 Å². The third kappa shape index (κ3) is 5.93. The molecule has 4 N–H and O–H groups in total. The number of carbonyl (C=O) groups is 1. The second-order valence-electron chi connectivity index (χ2n) is 3.33. The highest BCUT2D eigenvalue weighted by Crippen LogP contribution is 2.01. The fourth-order valence-electron chi connectivity index (χ4n) is 1.01. The average Bonchev–Trinajstić information content (AvgIpc) is 2.03. The lowest BCUT2D eigenvalue weighted by Crippen LogP contribution is -2.42. The maximum atomic E-state index is 11.3. The molecule has 1 atom stereocenters. The van der Waals surface area contributed by atoms with Gasteiger partial charge in [0, 0.05) is 0 Å². The van der Waals surface area contributed by atoms with E-state index in [4.69, 9.17) is 11.5 Å². The van der Waals surface area contributed by atoms with Crippen molar-refractivity contribution >= 4 is 15.7 Å². The number of amides is 1. The molecule has 0 saturated heterocycles. The fraction of sp³-hybridized carbons (Fsp3) is 0.875. The molecular formula is C8H18N2O3S. The van der Waals surface area contributed by atoms with Crippen LogP contribution in [0.1, 0.15) is 26.2 Å². The lowest BCUT2D eigenvalue weighted by Gasteiger charge is -2.07. The van der Waals surface area contributed by atoms with Crippen molar-refractivity contribution in [3.8, 4) is 0 Å². The van der Waals surface area contributed by atoms with Crippen LogP contribution in [-0.4, -0.2) is 31.9 Å². The van der Waals surface area contributed by atoms with E-state index in [0.717, 1.165) is 12.8 Å². The van der Waals surface area contributed by atoms with Gasteiger partial charge >= 0.3 is 0 Å². The molecular weight excluding hydrogens is 204 g/mol. The molecule has 0 heterocycles. The van der Waals surface area contributed by atoms with Crippen molar-refractivity contribution in [3.05, 3.63) is 0 Å². The molecule has 0 saturated carbocycles. The van der Waals surface area contributed by atoms with Gasteiger partial charge in [0.25, 0.3) is 0 Å². The summed E-state index contributed by atoms with van der Waals surface area (Å²) in [6, 6.07) is -1.08. The summed E-state index contributed by atoms with van der Waals surface area (Å²) in [6.07, 6.45) is 2.44. The van der Waals surface area contributed by atoms with Crippen molar-refractivity contribution in [2.24, 2.45) is 11.5 Å². The third-order valence-electron chi connectivity index (χ3n) is 1.86. The standard InChI is InChI=1S/C8H18N2O3S/c1-2-3-4-5-14(12,13)6-7(9)8(10)11/h7H,2-6,9H2,1H3,(H2,10,11). The summed E-state index contributed by atoms with van der Waals surface area (Å²) >= 11 is 0. The first-order chi connectivity index (χ1) is 6.39. The van der Waals surface area contributed by atoms with Crippen LogP contribution in [-0.2, 0) is 14.6 Å². The maximum Gasteiger partial charge on any atom is 0.235 e. The first-order valence-corrected chi connectivity index (χ1v) is 6.46. The van der Waals surface area contributed by atoms with Crippen molar-refractivity contribution in [3.63, 3.8) is 0 Å². The van der Waals surface area contributed by atoms with Crippen LogP contribution in [0.4, 0.5) is 0 Å². The smallest absolute Gasteiger partial charge is 0.235 e. The number of hydrogen-bond acceptors (Lipinski definition) is 4. The number of carbonyl (C=O) groups excluding carboxylic acids is 1. The molecule has 0 aliphatic heterocycles. The van der Waals surface area contributed by atoms with Gasteiger partial charge in [-0.2, -0.15) is 0 Å². The van der Waals surface area contributed by atoms with Crippen molar-refractivity contribution in [1.82, 2.24) is 0 Å². The Balaban J connectivity index is 4.01. The first kappa shape index (κ1) is 13.4. The van der Waals surface area contributed by atoms with E-state index >= 15 is 0 Å². The van der Waals surface area contributed by atoms with Crippen LogP contribution in [0.5, 0.6) is 0 Å². The van der Waals surface area contributed by atoms with Gasteiger partial charge in [-0.25, -0.2) is 8.42 Å². The van der Waals surface area contributed by atoms with E-state index in [1.165, 1.54) is 0 Å². The molecule has 0 aromatic carbocycles. The molecule has 14 heavy (non-hydrogen) atoms. The van der Waals surface area contributed by atoms with Gasteiger partial charge in [0.2, 0.25) is 5.91 Å². The zero-order valence-corrected chi connectivity index (χ0v) is 9.22. The van der Waals surface area contributed by atoms with E-state index in [0.29, 0.717) is 6.42 Å². The summed E-state index contributed by atoms with van der Waals surface area (Å²) in [6.45, 7) is 1.99. The van der Waals surface area contributed by atoms with Crippen LogP contribution in [0, 0.1) is 0 Å². The zero-order valence-electron chi connectivity index (χ0n) is 8.40. The molecule has 0 radical (unpaired) electrons. The number of hydrogen-bond donors (Lipinski definition) is 2. The summed E-state index contributed by atoms with van der Waals surface area (Å²) in [5.41, 5.74) is 10.1. The van der Waals surface area contributed by atoms with Gasteiger partial charge in [-0.1, -0.05) is 19.8 Å². The highest BCUT2D eigenvalue weighted by Gasteiger charge is 2.19. The minimum atomic E-state index is -3.22. The van der Waals surface area contributed by atoms with Crippen LogP contribution in [0.15, 0.2) is 0 Å². The highest BCUT2D eigenvalue weighted by molar-refractivity contribution is 7.91. The number of sulfone groups is 1. The summed E-state index contributed by atoms with van der Waals surface area (Å²) in [4.78, 5) is 10.5. The SMILES string of the molecule is CCCCCS(=O)(=O)CC(N)C(N)=O. The van der Waals surface area contributed by atoms with Gasteiger partial charge in [-0.15, -0.1) is 0 Å². The lowest BCUT2D eigenvalue weighted by molar-refractivity contribution is -0.118. The van der Waals surface area contributed by atoms with Crippen LogP contribution in [0.25, 0.3) is 0 Å². The van der Waals surface area contributed by atoms with E-state index in [-0.39, 0.29) is 11.5 Å². The molecule has 6 heteroatoms. The van der Waals surface area contributed by atoms with Crippen LogP contribution >= 0.6 is 0 Å². The van der Waals surface area contributed by atoms with Gasteiger partial charge in [-0.05, 0) is 6.42 Å². The van der Waals surface area contributed by atoms with Crippen LogP contribution < -0.4 is 11.5 Å². The molecule has 0 rings (SSSR count). The minimum absolute atomic E-state index is 0.0851. The third-order valence-corrected chi connectivity index (χ3v) is 3.64. The maximum absolute atomic E-state index is 11.3. The number of rotatable bonds is 7. The van der Waals surface area contributed by atoms with Crippen LogP contribution in [0.3, 0.4) is 0 Å². The van der Waals surface area contributed by atoms with Gasteiger partial charge in [0.1, 0.15) is 0 Å². The van der Waals surface area contributed by atoms with Gasteiger partial charge in [0.15, 0.2) is 9.84 Å². The predicted octanol–water partition coefficient (Wildman–Crippen LogP) is -0.596. The van der Waals surface area contributed by atoms with Gasteiger partial charge in [0.05, 0.1) is 17.5 Å². The van der Waals surface area contributed by atoms with E-state index in [1.807, 2.05) is 6.92 Å². The predicted molar refractivity (Wildman–Crippen MR) is 55.3 cm³/mol. The van der Waals surface area contributed by atoms with Crippen molar-refractivity contribution in [2.75, 3.05) is 11.5 Å². The molecule has 0 aromatic rings. The monoisotopic (exact) mass is 222 g/mol. The van der Waals surface area contributed by atoms with E-state index < -0.39 is 21.8 Å². The molecule has 1 unspecified atom stereocenters. The summed E-state index contributed by atoms with van der Waals surface area (Å²) in [5, 5.41) is 0. The highest BCUT2D eigenvalue weighted by atomic mass is 32.2. The normalized spacial score (nSPS) is 13.9. The number of unbranched alkanes of at least 4 members (excludes halogenated alkanes) is 2. The Morgan fingerprint density at radius 2 is 1.93 bits per heavy atom. The van der Waals surface area contributed by atoms with Gasteiger partial charge < -0.3 is 11.5 Å². The summed E-state index contributed by atoms with van der Waals surface area (Å²) < 4.78 is 22.7. The van der Waals surface area contributed by atoms with Crippen molar-refractivity contribution in [2.45, 2.75) is 32.2 Å². The Bertz CT molecular complexity index is 274. The Morgan fingerprint density at radius 3 is 2.36 bits per heavy atom. The fourth-order valence-corrected chi connectivity index (χ4v) is 2.53. The molecule has 0 bridgehead atoms. The van der Waals surface area contributed by atoms with E-state index in [9.17, 15) is 13.2 Å². The Kier molecular flexibility index (Phi) is 5.71. The second-order valence-corrected chi connectivity index (χ2v) is 5.56. The molecule has 0 fully saturated rings. The first-order valence-electron chi connectivity index (χ1n) is 4.64. The Hall–Kier alpha value is -0.620. The molecule has 0 aliphatic rings.